The molecule has 2 N–H and O–H groups in total. The van der Waals surface area contributed by atoms with Crippen LogP contribution < -0.4 is 0 Å². The predicted molar refractivity (Wildman–Crippen MR) is 59.8 cm³/mol. The van der Waals surface area contributed by atoms with E-state index in [9.17, 15) is 10.2 Å². The summed E-state index contributed by atoms with van der Waals surface area (Å²) in [5.41, 5.74) is 0. The SMILES string of the molecule is C=C(OCCOC)N1CCC(O)CC1CO. The van der Waals surface area contributed by atoms with Gasteiger partial charge in [0, 0.05) is 13.7 Å². The van der Waals surface area contributed by atoms with Crippen LogP contribution in [-0.4, -0.2) is 60.7 Å². The molecule has 2 atom stereocenters. The summed E-state index contributed by atoms with van der Waals surface area (Å²) in [7, 11) is 1.61. The molecule has 2 unspecified atom stereocenters. The molecule has 0 radical (unpaired) electrons. The molecule has 94 valence electrons. The van der Waals surface area contributed by atoms with Crippen molar-refractivity contribution in [3.63, 3.8) is 0 Å². The first-order valence-corrected chi connectivity index (χ1v) is 5.55. The molecule has 5 heteroatoms. The topological polar surface area (TPSA) is 62.2 Å². The summed E-state index contributed by atoms with van der Waals surface area (Å²) in [6.45, 7) is 5.46. The van der Waals surface area contributed by atoms with Gasteiger partial charge in [-0.2, -0.15) is 0 Å². The van der Waals surface area contributed by atoms with E-state index >= 15 is 0 Å². The minimum atomic E-state index is -0.333. The molecule has 0 aromatic carbocycles. The molecule has 1 fully saturated rings. The number of hydrogen-bond acceptors (Lipinski definition) is 5. The lowest BCUT2D eigenvalue weighted by Gasteiger charge is -2.38. The van der Waals surface area contributed by atoms with Crippen LogP contribution in [0, 0.1) is 0 Å². The van der Waals surface area contributed by atoms with E-state index in [0.717, 1.165) is 0 Å². The molecule has 1 aliphatic rings. The monoisotopic (exact) mass is 231 g/mol. The molecule has 1 aliphatic heterocycles. The molecule has 1 rings (SSSR count). The van der Waals surface area contributed by atoms with Crippen molar-refractivity contribution < 1.29 is 19.7 Å². The second-order valence-corrected chi connectivity index (χ2v) is 3.94. The van der Waals surface area contributed by atoms with Crippen LogP contribution >= 0.6 is 0 Å². The van der Waals surface area contributed by atoms with Crippen molar-refractivity contribution in [2.24, 2.45) is 0 Å². The average Bonchev–Trinajstić information content (AvgIpc) is 2.29. The Labute approximate surface area is 96.3 Å². The van der Waals surface area contributed by atoms with E-state index in [1.165, 1.54) is 0 Å². The van der Waals surface area contributed by atoms with Gasteiger partial charge in [-0.1, -0.05) is 0 Å². The first-order valence-electron chi connectivity index (χ1n) is 5.55. The Morgan fingerprint density at radius 2 is 2.25 bits per heavy atom. The lowest BCUT2D eigenvalue weighted by Crippen LogP contribution is -2.46. The molecule has 0 saturated carbocycles. The van der Waals surface area contributed by atoms with Crippen LogP contribution in [0.2, 0.25) is 0 Å². The van der Waals surface area contributed by atoms with Gasteiger partial charge in [-0.05, 0) is 19.4 Å². The van der Waals surface area contributed by atoms with Gasteiger partial charge in [-0.25, -0.2) is 0 Å². The molecule has 1 heterocycles. The zero-order valence-corrected chi connectivity index (χ0v) is 9.76. The fraction of sp³-hybridized carbons (Fsp3) is 0.818. The zero-order valence-electron chi connectivity index (χ0n) is 9.76. The fourth-order valence-electron chi connectivity index (χ4n) is 1.86. The maximum Gasteiger partial charge on any atom is 0.182 e. The van der Waals surface area contributed by atoms with E-state index in [-0.39, 0.29) is 18.8 Å². The Kier molecular flexibility index (Phi) is 5.59. The zero-order chi connectivity index (χ0) is 12.0. The molecular formula is C11H21NO4. The van der Waals surface area contributed by atoms with Crippen LogP contribution in [0.4, 0.5) is 0 Å². The Hall–Kier alpha value is -0.780. The van der Waals surface area contributed by atoms with Crippen LogP contribution in [-0.2, 0) is 9.47 Å². The van der Waals surface area contributed by atoms with Crippen molar-refractivity contribution in [3.05, 3.63) is 12.5 Å². The van der Waals surface area contributed by atoms with Gasteiger partial charge in [0.1, 0.15) is 6.61 Å². The van der Waals surface area contributed by atoms with E-state index in [4.69, 9.17) is 9.47 Å². The van der Waals surface area contributed by atoms with Crippen LogP contribution in [0.25, 0.3) is 0 Å². The number of nitrogens with zero attached hydrogens (tertiary/aromatic N) is 1. The molecule has 0 aromatic rings. The maximum absolute atomic E-state index is 9.50. The number of aliphatic hydroxyl groups is 2. The quantitative estimate of drug-likeness (QED) is 0.495. The summed E-state index contributed by atoms with van der Waals surface area (Å²) < 4.78 is 10.3. The minimum absolute atomic E-state index is 0.00369. The normalized spacial score (nSPS) is 25.6. The van der Waals surface area contributed by atoms with Gasteiger partial charge in [-0.15, -0.1) is 0 Å². The summed E-state index contributed by atoms with van der Waals surface area (Å²) in [5, 5.41) is 18.7. The van der Waals surface area contributed by atoms with Crippen molar-refractivity contribution in [2.45, 2.75) is 25.0 Å². The van der Waals surface area contributed by atoms with Crippen molar-refractivity contribution in [1.29, 1.82) is 0 Å². The van der Waals surface area contributed by atoms with Crippen LogP contribution in [0.5, 0.6) is 0 Å². The van der Waals surface area contributed by atoms with E-state index in [1.54, 1.807) is 7.11 Å². The van der Waals surface area contributed by atoms with Gasteiger partial charge in [0.15, 0.2) is 5.88 Å². The number of aliphatic hydroxyl groups excluding tert-OH is 2. The lowest BCUT2D eigenvalue weighted by atomic mass is 10.0. The molecule has 0 spiro atoms. The summed E-state index contributed by atoms with van der Waals surface area (Å²) in [5.74, 6) is 0.544. The summed E-state index contributed by atoms with van der Waals surface area (Å²) in [4.78, 5) is 1.91. The van der Waals surface area contributed by atoms with Gasteiger partial charge in [0.05, 0.1) is 25.4 Å². The molecule has 5 nitrogen and oxygen atoms in total. The van der Waals surface area contributed by atoms with Gasteiger partial charge in [-0.3, -0.25) is 0 Å². The Balaban J connectivity index is 2.40. The third kappa shape index (κ3) is 3.66. The number of piperidine rings is 1. The highest BCUT2D eigenvalue weighted by molar-refractivity contribution is 4.93. The van der Waals surface area contributed by atoms with E-state index in [0.29, 0.717) is 38.5 Å². The summed E-state index contributed by atoms with van der Waals surface area (Å²) in [6.07, 6.45) is 0.909. The molecule has 16 heavy (non-hydrogen) atoms. The largest absolute Gasteiger partial charge is 0.477 e. The van der Waals surface area contributed by atoms with Gasteiger partial charge in [0.25, 0.3) is 0 Å². The Bertz CT molecular complexity index is 222. The Morgan fingerprint density at radius 3 is 2.88 bits per heavy atom. The second-order valence-electron chi connectivity index (χ2n) is 3.94. The third-order valence-electron chi connectivity index (χ3n) is 2.78. The average molecular weight is 231 g/mol. The number of ether oxygens (including phenoxy) is 2. The highest BCUT2D eigenvalue weighted by Crippen LogP contribution is 2.21. The predicted octanol–water partition coefficient (Wildman–Crippen LogP) is -0.0618. The van der Waals surface area contributed by atoms with E-state index in [1.807, 2.05) is 4.90 Å². The minimum Gasteiger partial charge on any atom is -0.477 e. The molecule has 1 saturated heterocycles. The number of likely N-dealkylation sites (tertiary alicyclic amines) is 1. The second kappa shape index (κ2) is 6.73. The molecule has 0 aromatic heterocycles. The van der Waals surface area contributed by atoms with Crippen molar-refractivity contribution >= 4 is 0 Å². The van der Waals surface area contributed by atoms with Gasteiger partial charge in [0.2, 0.25) is 0 Å². The third-order valence-corrected chi connectivity index (χ3v) is 2.78. The first-order chi connectivity index (χ1) is 7.69. The highest BCUT2D eigenvalue weighted by atomic mass is 16.5. The fourth-order valence-corrected chi connectivity index (χ4v) is 1.86. The Morgan fingerprint density at radius 1 is 1.50 bits per heavy atom. The van der Waals surface area contributed by atoms with Gasteiger partial charge < -0.3 is 24.6 Å². The van der Waals surface area contributed by atoms with Gasteiger partial charge >= 0.3 is 0 Å². The molecular weight excluding hydrogens is 210 g/mol. The maximum atomic E-state index is 9.50. The summed E-state index contributed by atoms with van der Waals surface area (Å²) in [6, 6.07) is -0.0983. The van der Waals surface area contributed by atoms with E-state index in [2.05, 4.69) is 6.58 Å². The van der Waals surface area contributed by atoms with Crippen LogP contribution in [0.1, 0.15) is 12.8 Å². The summed E-state index contributed by atoms with van der Waals surface area (Å²) >= 11 is 0. The van der Waals surface area contributed by atoms with Crippen molar-refractivity contribution in [2.75, 3.05) is 33.5 Å². The molecule has 0 aliphatic carbocycles. The molecule has 0 bridgehead atoms. The van der Waals surface area contributed by atoms with Crippen LogP contribution in [0.3, 0.4) is 0 Å². The first kappa shape index (κ1) is 13.3. The highest BCUT2D eigenvalue weighted by Gasteiger charge is 2.28. The lowest BCUT2D eigenvalue weighted by molar-refractivity contribution is -0.0112. The number of methoxy groups -OCH3 is 1. The van der Waals surface area contributed by atoms with Crippen molar-refractivity contribution in [3.8, 4) is 0 Å². The van der Waals surface area contributed by atoms with Crippen LogP contribution in [0.15, 0.2) is 12.5 Å². The standard InChI is InChI=1S/C11H21NO4/c1-9(16-6-5-15-2)12-4-3-11(14)7-10(12)8-13/h10-11,13-14H,1,3-8H2,2H3. The number of rotatable bonds is 6. The van der Waals surface area contributed by atoms with E-state index < -0.39 is 0 Å². The molecule has 0 amide bonds. The van der Waals surface area contributed by atoms with Crippen molar-refractivity contribution in [1.82, 2.24) is 4.90 Å². The number of hydrogen-bond donors (Lipinski definition) is 2. The smallest absolute Gasteiger partial charge is 0.182 e.